The SMILES string of the molecule is CN1CCN(S(=O)(=O)c2cccc3c(C(=O)O)nccc23)CC1. The minimum atomic E-state index is -3.67. The van der Waals surface area contributed by atoms with Crippen LogP contribution in [0.4, 0.5) is 0 Å². The lowest BCUT2D eigenvalue weighted by Gasteiger charge is -2.31. The van der Waals surface area contributed by atoms with Crippen molar-refractivity contribution in [2.24, 2.45) is 0 Å². The molecule has 23 heavy (non-hydrogen) atoms. The molecular formula is C15H17N3O4S. The van der Waals surface area contributed by atoms with E-state index in [9.17, 15) is 18.3 Å². The third-order valence-corrected chi connectivity index (χ3v) is 6.01. The molecule has 1 saturated heterocycles. The van der Waals surface area contributed by atoms with Crippen LogP contribution in [-0.4, -0.2) is 66.9 Å². The fourth-order valence-electron chi connectivity index (χ4n) is 2.74. The molecule has 0 amide bonds. The van der Waals surface area contributed by atoms with Gasteiger partial charge in [0, 0.05) is 43.1 Å². The molecule has 0 bridgehead atoms. The van der Waals surface area contributed by atoms with Crippen LogP contribution in [0.1, 0.15) is 10.5 Å². The van der Waals surface area contributed by atoms with Crippen molar-refractivity contribution in [3.8, 4) is 0 Å². The highest BCUT2D eigenvalue weighted by Crippen LogP contribution is 2.27. The second-order valence-corrected chi connectivity index (χ2v) is 7.43. The van der Waals surface area contributed by atoms with E-state index in [1.54, 1.807) is 18.2 Å². The van der Waals surface area contributed by atoms with E-state index in [0.29, 0.717) is 37.0 Å². The van der Waals surface area contributed by atoms with Crippen LogP contribution in [0, 0.1) is 0 Å². The number of sulfonamides is 1. The van der Waals surface area contributed by atoms with E-state index in [4.69, 9.17) is 0 Å². The summed E-state index contributed by atoms with van der Waals surface area (Å²) in [5.41, 5.74) is -0.141. The van der Waals surface area contributed by atoms with Crippen LogP contribution in [0.5, 0.6) is 0 Å². The summed E-state index contributed by atoms with van der Waals surface area (Å²) < 4.78 is 27.3. The van der Waals surface area contributed by atoms with Gasteiger partial charge in [-0.25, -0.2) is 18.2 Å². The standard InChI is InChI=1S/C15H17N3O4S/c1-17-7-9-18(10-8-17)23(21,22)13-4-2-3-12-11(13)5-6-16-14(12)15(19)20/h2-6H,7-10H2,1H3,(H,19,20). The first-order valence-electron chi connectivity index (χ1n) is 7.21. The van der Waals surface area contributed by atoms with Crippen LogP contribution in [-0.2, 0) is 10.0 Å². The topological polar surface area (TPSA) is 90.8 Å². The number of benzene rings is 1. The summed E-state index contributed by atoms with van der Waals surface area (Å²) >= 11 is 0. The fraction of sp³-hybridized carbons (Fsp3) is 0.333. The summed E-state index contributed by atoms with van der Waals surface area (Å²) in [4.78, 5) is 17.3. The quantitative estimate of drug-likeness (QED) is 0.895. The Morgan fingerprint density at radius 1 is 1.13 bits per heavy atom. The zero-order valence-corrected chi connectivity index (χ0v) is 13.5. The Balaban J connectivity index is 2.13. The number of pyridine rings is 1. The number of likely N-dealkylation sites (N-methyl/N-ethyl adjacent to an activating group) is 1. The van der Waals surface area contributed by atoms with Crippen molar-refractivity contribution in [2.45, 2.75) is 4.90 Å². The number of hydrogen-bond donors (Lipinski definition) is 1. The Morgan fingerprint density at radius 2 is 1.83 bits per heavy atom. The van der Waals surface area contributed by atoms with E-state index in [2.05, 4.69) is 9.88 Å². The molecule has 2 heterocycles. The van der Waals surface area contributed by atoms with Crippen LogP contribution in [0.25, 0.3) is 10.8 Å². The van der Waals surface area contributed by atoms with Gasteiger partial charge in [-0.1, -0.05) is 12.1 Å². The van der Waals surface area contributed by atoms with Crippen molar-refractivity contribution in [2.75, 3.05) is 33.2 Å². The highest BCUT2D eigenvalue weighted by Gasteiger charge is 2.29. The van der Waals surface area contributed by atoms with Crippen molar-refractivity contribution in [3.05, 3.63) is 36.2 Å². The molecule has 8 heteroatoms. The lowest BCUT2D eigenvalue weighted by molar-refractivity contribution is 0.0693. The number of fused-ring (bicyclic) bond motifs is 1. The third kappa shape index (κ3) is 2.80. The van der Waals surface area contributed by atoms with Gasteiger partial charge in [0.1, 0.15) is 0 Å². The van der Waals surface area contributed by atoms with Crippen molar-refractivity contribution < 1.29 is 18.3 Å². The Bertz CT molecular complexity index is 858. The average Bonchev–Trinajstić information content (AvgIpc) is 2.54. The lowest BCUT2D eigenvalue weighted by Crippen LogP contribution is -2.47. The maximum absolute atomic E-state index is 12.9. The second-order valence-electron chi connectivity index (χ2n) is 5.52. The van der Waals surface area contributed by atoms with E-state index in [0.717, 1.165) is 0 Å². The van der Waals surface area contributed by atoms with Crippen LogP contribution in [0.15, 0.2) is 35.4 Å². The smallest absolute Gasteiger partial charge is 0.355 e. The van der Waals surface area contributed by atoms with Crippen LogP contribution >= 0.6 is 0 Å². The largest absolute Gasteiger partial charge is 0.476 e. The van der Waals surface area contributed by atoms with E-state index < -0.39 is 16.0 Å². The van der Waals surface area contributed by atoms with Gasteiger partial charge in [0.2, 0.25) is 10.0 Å². The molecule has 1 aliphatic rings. The minimum absolute atomic E-state index is 0.129. The summed E-state index contributed by atoms with van der Waals surface area (Å²) in [6.45, 7) is 2.19. The predicted molar refractivity (Wildman–Crippen MR) is 85.0 cm³/mol. The monoisotopic (exact) mass is 335 g/mol. The van der Waals surface area contributed by atoms with Gasteiger partial charge in [0.25, 0.3) is 0 Å². The van der Waals surface area contributed by atoms with E-state index in [1.807, 2.05) is 7.05 Å². The zero-order valence-electron chi connectivity index (χ0n) is 12.6. The number of carbonyl (C=O) groups is 1. The fourth-order valence-corrected chi connectivity index (χ4v) is 4.37. The predicted octanol–water partition coefficient (Wildman–Crippen LogP) is 0.869. The van der Waals surface area contributed by atoms with Gasteiger partial charge in [0.05, 0.1) is 4.90 Å². The molecule has 1 fully saturated rings. The Labute approximate surface area is 134 Å². The second kappa shape index (κ2) is 5.88. The number of rotatable bonds is 3. The molecule has 2 aromatic rings. The number of nitrogens with zero attached hydrogens (tertiary/aromatic N) is 3. The van der Waals surface area contributed by atoms with E-state index in [1.165, 1.54) is 16.6 Å². The van der Waals surface area contributed by atoms with Gasteiger partial charge in [-0.05, 0) is 19.2 Å². The van der Waals surface area contributed by atoms with Gasteiger partial charge in [-0.2, -0.15) is 4.31 Å². The Morgan fingerprint density at radius 3 is 2.48 bits per heavy atom. The summed E-state index contributed by atoms with van der Waals surface area (Å²) in [6.07, 6.45) is 1.33. The minimum Gasteiger partial charge on any atom is -0.476 e. The molecule has 1 aliphatic heterocycles. The molecule has 122 valence electrons. The number of piperazine rings is 1. The first-order valence-corrected chi connectivity index (χ1v) is 8.65. The normalized spacial score (nSPS) is 17.4. The highest BCUT2D eigenvalue weighted by molar-refractivity contribution is 7.89. The van der Waals surface area contributed by atoms with Crippen LogP contribution < -0.4 is 0 Å². The van der Waals surface area contributed by atoms with Crippen LogP contribution in [0.2, 0.25) is 0 Å². The molecule has 0 radical (unpaired) electrons. The molecule has 0 spiro atoms. The van der Waals surface area contributed by atoms with Gasteiger partial charge in [0.15, 0.2) is 5.69 Å². The molecule has 1 aromatic heterocycles. The Kier molecular flexibility index (Phi) is 4.05. The maximum atomic E-state index is 12.9. The van der Waals surface area contributed by atoms with Gasteiger partial charge >= 0.3 is 5.97 Å². The molecule has 1 aromatic carbocycles. The van der Waals surface area contributed by atoms with E-state index in [-0.39, 0.29) is 10.6 Å². The molecule has 0 atom stereocenters. The molecular weight excluding hydrogens is 318 g/mol. The molecule has 1 N–H and O–H groups in total. The third-order valence-electron chi connectivity index (χ3n) is 4.05. The highest BCUT2D eigenvalue weighted by atomic mass is 32.2. The summed E-state index contributed by atoms with van der Waals surface area (Å²) in [5, 5.41) is 9.94. The molecule has 0 aliphatic carbocycles. The Hall–Kier alpha value is -2.03. The summed E-state index contributed by atoms with van der Waals surface area (Å²) in [7, 11) is -1.72. The van der Waals surface area contributed by atoms with Crippen molar-refractivity contribution in [1.29, 1.82) is 0 Å². The number of aromatic carboxylic acids is 1. The first-order chi connectivity index (χ1) is 10.9. The molecule has 7 nitrogen and oxygen atoms in total. The number of carboxylic acid groups (broad SMARTS) is 1. The van der Waals surface area contributed by atoms with Crippen molar-refractivity contribution >= 4 is 26.8 Å². The summed E-state index contributed by atoms with van der Waals surface area (Å²) in [6, 6.07) is 6.19. The molecule has 3 rings (SSSR count). The lowest BCUT2D eigenvalue weighted by atomic mass is 10.1. The number of carboxylic acids is 1. The average molecular weight is 335 g/mol. The van der Waals surface area contributed by atoms with Gasteiger partial charge in [-0.3, -0.25) is 0 Å². The van der Waals surface area contributed by atoms with Crippen molar-refractivity contribution in [3.63, 3.8) is 0 Å². The van der Waals surface area contributed by atoms with Gasteiger partial charge in [-0.15, -0.1) is 0 Å². The number of hydrogen-bond acceptors (Lipinski definition) is 5. The zero-order chi connectivity index (χ0) is 16.6. The number of aromatic nitrogens is 1. The van der Waals surface area contributed by atoms with Crippen molar-refractivity contribution in [1.82, 2.24) is 14.2 Å². The van der Waals surface area contributed by atoms with Gasteiger partial charge < -0.3 is 10.0 Å². The maximum Gasteiger partial charge on any atom is 0.355 e. The molecule has 0 saturated carbocycles. The first kappa shape index (κ1) is 15.9. The van der Waals surface area contributed by atoms with E-state index >= 15 is 0 Å². The summed E-state index contributed by atoms with van der Waals surface area (Å²) in [5.74, 6) is -1.18. The van der Waals surface area contributed by atoms with Crippen LogP contribution in [0.3, 0.4) is 0 Å². The molecule has 0 unspecified atom stereocenters.